The Kier molecular flexibility index (Phi) is 3.71. The van der Waals surface area contributed by atoms with Crippen LogP contribution in [0, 0.1) is 0 Å². The topological polar surface area (TPSA) is 61.9 Å². The molecule has 1 aliphatic rings. The van der Waals surface area contributed by atoms with Crippen LogP contribution in [0.15, 0.2) is 73.2 Å². The van der Waals surface area contributed by atoms with E-state index in [9.17, 15) is 4.79 Å². The van der Waals surface area contributed by atoms with E-state index in [4.69, 9.17) is 0 Å². The van der Waals surface area contributed by atoms with Gasteiger partial charge in [0.1, 0.15) is 0 Å². The van der Waals surface area contributed by atoms with E-state index in [2.05, 4.69) is 27.1 Å². The Morgan fingerprint density at radius 3 is 2.74 bits per heavy atom. The van der Waals surface area contributed by atoms with E-state index >= 15 is 0 Å². The molecule has 1 N–H and O–H groups in total. The molecule has 0 fully saturated rings. The van der Waals surface area contributed by atoms with Crippen LogP contribution in [-0.4, -0.2) is 32.3 Å². The highest BCUT2D eigenvalue weighted by Gasteiger charge is 2.32. The first-order chi connectivity index (χ1) is 13.3. The van der Waals surface area contributed by atoms with Crippen molar-refractivity contribution in [3.05, 3.63) is 95.7 Å². The SMILES string of the molecule is O=C(c1cccc2cccnc12)N1Cc2[nH]cnc2C(c2ccccc2)C1. The fourth-order valence-electron chi connectivity index (χ4n) is 3.87. The first kappa shape index (κ1) is 15.8. The van der Waals surface area contributed by atoms with Crippen LogP contribution < -0.4 is 0 Å². The molecule has 0 bridgehead atoms. The van der Waals surface area contributed by atoms with Gasteiger partial charge in [0, 0.05) is 24.0 Å². The van der Waals surface area contributed by atoms with Crippen LogP contribution >= 0.6 is 0 Å². The molecule has 1 atom stereocenters. The molecule has 0 radical (unpaired) electrons. The second-order valence-electron chi connectivity index (χ2n) is 6.80. The predicted octanol–water partition coefficient (Wildman–Crippen LogP) is 3.75. The van der Waals surface area contributed by atoms with Gasteiger partial charge in [-0.3, -0.25) is 9.78 Å². The molecule has 132 valence electrons. The van der Waals surface area contributed by atoms with Gasteiger partial charge in [-0.1, -0.05) is 48.5 Å². The number of carbonyl (C=O) groups excluding carboxylic acids is 1. The number of carbonyl (C=O) groups is 1. The van der Waals surface area contributed by atoms with Crippen LogP contribution in [0.25, 0.3) is 10.9 Å². The molecule has 5 heteroatoms. The number of imidazole rings is 1. The number of benzene rings is 2. The summed E-state index contributed by atoms with van der Waals surface area (Å²) in [6, 6.07) is 19.9. The molecule has 0 saturated heterocycles. The van der Waals surface area contributed by atoms with Gasteiger partial charge in [-0.25, -0.2) is 4.98 Å². The van der Waals surface area contributed by atoms with Crippen molar-refractivity contribution >= 4 is 16.8 Å². The third kappa shape index (κ3) is 2.68. The molecule has 2 aromatic heterocycles. The van der Waals surface area contributed by atoms with Crippen LogP contribution in [-0.2, 0) is 6.54 Å². The largest absolute Gasteiger partial charge is 0.347 e. The minimum atomic E-state index is 0.000445. The minimum absolute atomic E-state index is 0.000445. The molecule has 0 spiro atoms. The molecule has 4 aromatic rings. The van der Waals surface area contributed by atoms with Crippen LogP contribution in [0.4, 0.5) is 0 Å². The normalized spacial score (nSPS) is 16.3. The molecule has 27 heavy (non-hydrogen) atoms. The number of H-pyrrole nitrogens is 1. The van der Waals surface area contributed by atoms with Crippen LogP contribution in [0.5, 0.6) is 0 Å². The molecule has 5 nitrogen and oxygen atoms in total. The highest BCUT2D eigenvalue weighted by atomic mass is 16.2. The minimum Gasteiger partial charge on any atom is -0.347 e. The smallest absolute Gasteiger partial charge is 0.256 e. The van der Waals surface area contributed by atoms with E-state index < -0.39 is 0 Å². The van der Waals surface area contributed by atoms with Gasteiger partial charge < -0.3 is 9.88 Å². The number of rotatable bonds is 2. The van der Waals surface area contributed by atoms with Gasteiger partial charge in [0.25, 0.3) is 5.91 Å². The monoisotopic (exact) mass is 354 g/mol. The maximum absolute atomic E-state index is 13.4. The highest BCUT2D eigenvalue weighted by Crippen LogP contribution is 2.32. The van der Waals surface area contributed by atoms with Gasteiger partial charge in [0.15, 0.2) is 0 Å². The predicted molar refractivity (Wildman–Crippen MR) is 103 cm³/mol. The number of amides is 1. The van der Waals surface area contributed by atoms with Gasteiger partial charge >= 0.3 is 0 Å². The number of para-hydroxylation sites is 1. The van der Waals surface area contributed by atoms with Gasteiger partial charge in [0.05, 0.1) is 35.3 Å². The lowest BCUT2D eigenvalue weighted by Gasteiger charge is -2.32. The molecular weight excluding hydrogens is 336 g/mol. The number of hydrogen-bond acceptors (Lipinski definition) is 3. The maximum Gasteiger partial charge on any atom is 0.256 e. The fourth-order valence-corrected chi connectivity index (χ4v) is 3.87. The number of nitrogens with zero attached hydrogens (tertiary/aromatic N) is 3. The summed E-state index contributed by atoms with van der Waals surface area (Å²) >= 11 is 0. The van der Waals surface area contributed by atoms with Crippen LogP contribution in [0.2, 0.25) is 0 Å². The molecule has 0 saturated carbocycles. The summed E-state index contributed by atoms with van der Waals surface area (Å²) in [5.41, 5.74) is 4.58. The third-order valence-electron chi connectivity index (χ3n) is 5.19. The Hall–Kier alpha value is -3.47. The molecule has 1 amide bonds. The first-order valence-electron chi connectivity index (χ1n) is 9.01. The van der Waals surface area contributed by atoms with Crippen molar-refractivity contribution in [3.63, 3.8) is 0 Å². The van der Waals surface area contributed by atoms with Crippen LogP contribution in [0.1, 0.15) is 33.2 Å². The van der Waals surface area contributed by atoms with E-state index in [0.29, 0.717) is 18.7 Å². The van der Waals surface area contributed by atoms with Gasteiger partial charge in [0.2, 0.25) is 0 Å². The average Bonchev–Trinajstić information content (AvgIpc) is 3.21. The van der Waals surface area contributed by atoms with Crippen molar-refractivity contribution in [2.75, 3.05) is 6.54 Å². The Morgan fingerprint density at radius 1 is 1.00 bits per heavy atom. The second-order valence-corrected chi connectivity index (χ2v) is 6.80. The lowest BCUT2D eigenvalue weighted by atomic mass is 9.90. The lowest BCUT2D eigenvalue weighted by Crippen LogP contribution is -2.38. The Labute approximate surface area is 156 Å². The summed E-state index contributed by atoms with van der Waals surface area (Å²) in [7, 11) is 0. The molecular formula is C22H18N4O. The Morgan fingerprint density at radius 2 is 1.85 bits per heavy atom. The van der Waals surface area contributed by atoms with E-state index in [1.807, 2.05) is 53.4 Å². The van der Waals surface area contributed by atoms with Gasteiger partial charge in [-0.15, -0.1) is 0 Å². The van der Waals surface area contributed by atoms with Crippen molar-refractivity contribution in [3.8, 4) is 0 Å². The summed E-state index contributed by atoms with van der Waals surface area (Å²) in [6.07, 6.45) is 3.45. The average molecular weight is 354 g/mol. The van der Waals surface area contributed by atoms with E-state index in [0.717, 1.165) is 22.3 Å². The summed E-state index contributed by atoms with van der Waals surface area (Å²) in [4.78, 5) is 27.4. The molecule has 1 unspecified atom stereocenters. The van der Waals surface area contributed by atoms with E-state index in [1.165, 1.54) is 5.56 Å². The zero-order valence-electron chi connectivity index (χ0n) is 14.7. The summed E-state index contributed by atoms with van der Waals surface area (Å²) < 4.78 is 0. The van der Waals surface area contributed by atoms with E-state index in [1.54, 1.807) is 12.5 Å². The van der Waals surface area contributed by atoms with Gasteiger partial charge in [-0.2, -0.15) is 0 Å². The first-order valence-corrected chi connectivity index (χ1v) is 9.01. The third-order valence-corrected chi connectivity index (χ3v) is 5.19. The molecule has 5 rings (SSSR count). The molecule has 1 aliphatic heterocycles. The summed E-state index contributed by atoms with van der Waals surface area (Å²) in [5.74, 6) is 0.0635. The van der Waals surface area contributed by atoms with Crippen molar-refractivity contribution < 1.29 is 4.79 Å². The van der Waals surface area contributed by atoms with Crippen molar-refractivity contribution in [2.24, 2.45) is 0 Å². The Balaban J connectivity index is 1.55. The zero-order chi connectivity index (χ0) is 18.2. The number of pyridine rings is 1. The lowest BCUT2D eigenvalue weighted by molar-refractivity contribution is 0.0723. The summed E-state index contributed by atoms with van der Waals surface area (Å²) in [6.45, 7) is 1.13. The highest BCUT2D eigenvalue weighted by molar-refractivity contribution is 6.05. The zero-order valence-corrected chi connectivity index (χ0v) is 14.7. The van der Waals surface area contributed by atoms with Crippen LogP contribution in [0.3, 0.4) is 0 Å². The van der Waals surface area contributed by atoms with Crippen molar-refractivity contribution in [1.29, 1.82) is 0 Å². The number of hydrogen-bond donors (Lipinski definition) is 1. The molecule has 2 aromatic carbocycles. The number of aromatic nitrogens is 3. The fraction of sp³-hybridized carbons (Fsp3) is 0.136. The second kappa shape index (κ2) is 6.36. The standard InChI is InChI=1S/C22H18N4O/c27-22(17-10-4-8-16-9-5-11-23-20(16)17)26-12-18(15-6-2-1-3-7-15)21-19(13-26)24-14-25-21/h1-11,14,18H,12-13H2,(H,24,25). The van der Waals surface area contributed by atoms with Crippen molar-refractivity contribution in [1.82, 2.24) is 19.9 Å². The number of nitrogens with one attached hydrogen (secondary N) is 1. The Bertz CT molecular complexity index is 1110. The number of fused-ring (bicyclic) bond motifs is 2. The van der Waals surface area contributed by atoms with Crippen molar-refractivity contribution in [2.45, 2.75) is 12.5 Å². The maximum atomic E-state index is 13.4. The molecule has 0 aliphatic carbocycles. The summed E-state index contributed by atoms with van der Waals surface area (Å²) in [5, 5.41) is 0.974. The van der Waals surface area contributed by atoms with E-state index in [-0.39, 0.29) is 11.8 Å². The quantitative estimate of drug-likeness (QED) is 0.596. The van der Waals surface area contributed by atoms with Gasteiger partial charge in [-0.05, 0) is 17.7 Å². The number of aromatic amines is 1. The molecule has 3 heterocycles.